The van der Waals surface area contributed by atoms with E-state index < -0.39 is 5.97 Å². The number of nitrogens with zero attached hydrogens (tertiary/aromatic N) is 3. The van der Waals surface area contributed by atoms with Gasteiger partial charge in [0.25, 0.3) is 5.91 Å². The number of carbonyl (C=O) groups is 2. The summed E-state index contributed by atoms with van der Waals surface area (Å²) in [5.41, 5.74) is 4.84. The van der Waals surface area contributed by atoms with Gasteiger partial charge in [0, 0.05) is 24.5 Å². The van der Waals surface area contributed by atoms with Crippen LogP contribution in [0.5, 0.6) is 0 Å². The lowest BCUT2D eigenvalue weighted by molar-refractivity contribution is 0.0601. The van der Waals surface area contributed by atoms with Gasteiger partial charge in [0.15, 0.2) is 5.11 Å². The van der Waals surface area contributed by atoms with Gasteiger partial charge in [0.05, 0.1) is 29.8 Å². The molecule has 0 bridgehead atoms. The van der Waals surface area contributed by atoms with Crippen molar-refractivity contribution in [3.05, 3.63) is 63.3 Å². The van der Waals surface area contributed by atoms with E-state index in [1.807, 2.05) is 62.7 Å². The Kier molecular flexibility index (Phi) is 8.63. The number of anilines is 2. The molecule has 186 valence electrons. The van der Waals surface area contributed by atoms with Crippen molar-refractivity contribution in [1.29, 1.82) is 0 Å². The van der Waals surface area contributed by atoms with Crippen LogP contribution < -0.4 is 10.6 Å². The number of aryl methyl sites for hydroxylation is 2. The van der Waals surface area contributed by atoms with Crippen LogP contribution in [-0.2, 0) is 11.3 Å². The number of hydrogen-bond donors (Lipinski definition) is 2. The van der Waals surface area contributed by atoms with E-state index in [0.717, 1.165) is 22.6 Å². The lowest BCUT2D eigenvalue weighted by Gasteiger charge is -2.18. The van der Waals surface area contributed by atoms with Gasteiger partial charge < -0.3 is 20.3 Å². The number of methoxy groups -OCH3 is 1. The van der Waals surface area contributed by atoms with Crippen LogP contribution in [0.25, 0.3) is 0 Å². The summed E-state index contributed by atoms with van der Waals surface area (Å²) in [5.74, 6) is -0.638. The summed E-state index contributed by atoms with van der Waals surface area (Å²) in [5, 5.41) is 11.6. The van der Waals surface area contributed by atoms with Crippen LogP contribution in [0.1, 0.15) is 56.4 Å². The third kappa shape index (κ3) is 6.07. The minimum absolute atomic E-state index is 0.119. The Labute approximate surface area is 215 Å². The molecule has 0 saturated heterocycles. The van der Waals surface area contributed by atoms with Crippen molar-refractivity contribution in [1.82, 2.24) is 14.7 Å². The number of nitrogens with one attached hydrogen (secondary N) is 2. The maximum absolute atomic E-state index is 13.0. The first-order valence-electron chi connectivity index (χ1n) is 11.4. The molecule has 3 rings (SSSR count). The number of ether oxygens (including phenoxy) is 1. The molecule has 8 nitrogen and oxygen atoms in total. The van der Waals surface area contributed by atoms with E-state index in [2.05, 4.69) is 15.7 Å². The number of hydrogen-bond acceptors (Lipinski definition) is 6. The maximum atomic E-state index is 13.0. The monoisotopic (exact) mass is 513 g/mol. The van der Waals surface area contributed by atoms with E-state index in [9.17, 15) is 9.59 Å². The fourth-order valence-corrected chi connectivity index (χ4v) is 5.28. The second-order valence-electron chi connectivity index (χ2n) is 8.09. The molecule has 3 aromatic rings. The average Bonchev–Trinajstić information content (AvgIpc) is 3.31. The second-order valence-corrected chi connectivity index (χ2v) is 9.52. The second kappa shape index (κ2) is 11.5. The first-order chi connectivity index (χ1) is 16.7. The summed E-state index contributed by atoms with van der Waals surface area (Å²) in [6.45, 7) is 11.4. The smallest absolute Gasteiger partial charge is 0.341 e. The number of thiocarbonyl (C=S) groups is 1. The van der Waals surface area contributed by atoms with Gasteiger partial charge in [-0.1, -0.05) is 12.1 Å². The van der Waals surface area contributed by atoms with Crippen molar-refractivity contribution >= 4 is 51.2 Å². The predicted octanol–water partition coefficient (Wildman–Crippen LogP) is 5.00. The largest absolute Gasteiger partial charge is 0.465 e. The van der Waals surface area contributed by atoms with E-state index in [1.165, 1.54) is 18.4 Å². The predicted molar refractivity (Wildman–Crippen MR) is 145 cm³/mol. The summed E-state index contributed by atoms with van der Waals surface area (Å²) >= 11 is 6.73. The number of carbonyl (C=O) groups excluding carboxylic acids is 2. The molecule has 0 aliphatic rings. The highest BCUT2D eigenvalue weighted by molar-refractivity contribution is 7.80. The molecule has 0 spiro atoms. The van der Waals surface area contributed by atoms with Crippen molar-refractivity contribution in [2.75, 3.05) is 30.8 Å². The van der Waals surface area contributed by atoms with Gasteiger partial charge in [-0.25, -0.2) is 4.79 Å². The molecule has 0 aliphatic carbocycles. The van der Waals surface area contributed by atoms with Gasteiger partial charge in [0.2, 0.25) is 0 Å². The zero-order valence-corrected chi connectivity index (χ0v) is 22.5. The number of rotatable bonds is 8. The van der Waals surface area contributed by atoms with Crippen LogP contribution in [-0.4, -0.2) is 51.9 Å². The Morgan fingerprint density at radius 2 is 1.86 bits per heavy atom. The van der Waals surface area contributed by atoms with Crippen LogP contribution in [0.2, 0.25) is 0 Å². The molecule has 0 aliphatic heterocycles. The van der Waals surface area contributed by atoms with E-state index in [-0.39, 0.29) is 5.91 Å². The molecule has 0 fully saturated rings. The molecule has 0 radical (unpaired) electrons. The summed E-state index contributed by atoms with van der Waals surface area (Å²) in [7, 11) is 1.32. The average molecular weight is 514 g/mol. The first-order valence-corrected chi connectivity index (χ1v) is 12.6. The minimum atomic E-state index is -0.519. The molecular weight excluding hydrogens is 482 g/mol. The van der Waals surface area contributed by atoms with E-state index in [4.69, 9.17) is 17.0 Å². The summed E-state index contributed by atoms with van der Waals surface area (Å²) in [6, 6.07) is 9.93. The molecular formula is C25H31N5O3S2. The standard InChI is InChI=1S/C25H31N5O3S2/c1-7-29(8-2)23(31)21-17(5)20(24(32)33-6)22(35-21)27-25(34)26-19-11-9-10-18(13-19)14-30-16(4)12-15(3)28-30/h9-13H,7-8,14H2,1-6H3,(H2,26,27,34). The molecule has 1 aromatic carbocycles. The summed E-state index contributed by atoms with van der Waals surface area (Å²) in [6.07, 6.45) is 0. The number of aromatic nitrogens is 2. The lowest BCUT2D eigenvalue weighted by atomic mass is 10.1. The Bertz CT molecular complexity index is 1240. The quantitative estimate of drug-likeness (QED) is 0.324. The molecule has 10 heteroatoms. The first kappa shape index (κ1) is 26.4. The highest BCUT2D eigenvalue weighted by Crippen LogP contribution is 2.34. The fraction of sp³-hybridized carbons (Fsp3) is 0.360. The number of benzene rings is 1. The minimum Gasteiger partial charge on any atom is -0.465 e. The van der Waals surface area contributed by atoms with Crippen molar-refractivity contribution in [2.45, 2.75) is 41.2 Å². The summed E-state index contributed by atoms with van der Waals surface area (Å²) < 4.78 is 6.93. The van der Waals surface area contributed by atoms with Crippen LogP contribution in [0, 0.1) is 20.8 Å². The molecule has 2 heterocycles. The number of thiophene rings is 1. The third-order valence-corrected chi connectivity index (χ3v) is 7.03. The molecule has 2 aromatic heterocycles. The van der Waals surface area contributed by atoms with E-state index in [1.54, 1.807) is 11.8 Å². The zero-order valence-electron chi connectivity index (χ0n) is 20.9. The highest BCUT2D eigenvalue weighted by Gasteiger charge is 2.27. The Morgan fingerprint density at radius 3 is 2.46 bits per heavy atom. The van der Waals surface area contributed by atoms with Crippen molar-refractivity contribution in [3.63, 3.8) is 0 Å². The highest BCUT2D eigenvalue weighted by atomic mass is 32.1. The molecule has 0 atom stereocenters. The van der Waals surface area contributed by atoms with Crippen molar-refractivity contribution < 1.29 is 14.3 Å². The van der Waals surface area contributed by atoms with E-state index >= 15 is 0 Å². The van der Waals surface area contributed by atoms with Gasteiger partial charge in [-0.2, -0.15) is 5.10 Å². The van der Waals surface area contributed by atoms with Crippen molar-refractivity contribution in [2.24, 2.45) is 0 Å². The van der Waals surface area contributed by atoms with Gasteiger partial charge in [-0.15, -0.1) is 11.3 Å². The summed E-state index contributed by atoms with van der Waals surface area (Å²) in [4.78, 5) is 27.7. The number of esters is 1. The van der Waals surface area contributed by atoms with Gasteiger partial charge in [-0.05, 0) is 76.2 Å². The van der Waals surface area contributed by atoms with Gasteiger partial charge in [-0.3, -0.25) is 9.48 Å². The Balaban J connectivity index is 1.81. The van der Waals surface area contributed by atoms with Gasteiger partial charge >= 0.3 is 5.97 Å². The topological polar surface area (TPSA) is 88.5 Å². The Morgan fingerprint density at radius 1 is 1.14 bits per heavy atom. The maximum Gasteiger partial charge on any atom is 0.341 e. The third-order valence-electron chi connectivity index (χ3n) is 5.63. The SMILES string of the molecule is CCN(CC)C(=O)c1sc(NC(=S)Nc2cccc(Cn3nc(C)cc3C)c2)c(C(=O)OC)c1C. The zero-order chi connectivity index (χ0) is 25.7. The lowest BCUT2D eigenvalue weighted by Crippen LogP contribution is -2.30. The van der Waals surface area contributed by atoms with Crippen LogP contribution in [0.4, 0.5) is 10.7 Å². The van der Waals surface area contributed by atoms with Crippen molar-refractivity contribution in [3.8, 4) is 0 Å². The van der Waals surface area contributed by atoms with Crippen LogP contribution in [0.3, 0.4) is 0 Å². The Hall–Kier alpha value is -3.24. The molecule has 1 amide bonds. The van der Waals surface area contributed by atoms with Crippen LogP contribution in [0.15, 0.2) is 30.3 Å². The normalized spacial score (nSPS) is 10.7. The number of amides is 1. The van der Waals surface area contributed by atoms with Gasteiger partial charge in [0.1, 0.15) is 5.00 Å². The van der Waals surface area contributed by atoms with Crippen LogP contribution >= 0.6 is 23.6 Å². The van der Waals surface area contributed by atoms with E-state index in [0.29, 0.717) is 45.8 Å². The molecule has 35 heavy (non-hydrogen) atoms. The molecule has 0 unspecified atom stereocenters. The molecule has 0 saturated carbocycles. The fourth-order valence-electron chi connectivity index (χ4n) is 3.83. The molecule has 2 N–H and O–H groups in total.